The first-order valence-electron chi connectivity index (χ1n) is 7.11. The van der Waals surface area contributed by atoms with E-state index in [4.69, 9.17) is 5.11 Å². The predicted octanol–water partition coefficient (Wildman–Crippen LogP) is 2.86. The van der Waals surface area contributed by atoms with E-state index in [0.29, 0.717) is 6.42 Å². The summed E-state index contributed by atoms with van der Waals surface area (Å²) < 4.78 is 0. The monoisotopic (exact) mass is 255 g/mol. The maximum atomic E-state index is 11.8. The molecule has 0 atom stereocenters. The molecular weight excluding hydrogens is 230 g/mol. The molecule has 0 aromatic rings. The van der Waals surface area contributed by atoms with Crippen molar-refractivity contribution in [1.82, 2.24) is 5.32 Å². The number of carboxylic acids is 1. The normalized spacial score (nSPS) is 17.6. The zero-order chi connectivity index (χ0) is 13.4. The molecule has 18 heavy (non-hydrogen) atoms. The third kappa shape index (κ3) is 5.07. The largest absolute Gasteiger partial charge is 0.481 e. The lowest BCUT2D eigenvalue weighted by atomic mass is 9.93. The van der Waals surface area contributed by atoms with Crippen LogP contribution in [0.3, 0.4) is 0 Å². The molecule has 1 aliphatic carbocycles. The van der Waals surface area contributed by atoms with Crippen molar-refractivity contribution in [2.45, 2.75) is 76.7 Å². The van der Waals surface area contributed by atoms with E-state index >= 15 is 0 Å². The van der Waals surface area contributed by atoms with E-state index in [1.54, 1.807) is 0 Å². The molecule has 1 fully saturated rings. The number of amides is 1. The van der Waals surface area contributed by atoms with Crippen molar-refractivity contribution in [3.8, 4) is 0 Å². The van der Waals surface area contributed by atoms with Gasteiger partial charge in [-0.15, -0.1) is 0 Å². The second-order valence-electron chi connectivity index (χ2n) is 5.42. The summed E-state index contributed by atoms with van der Waals surface area (Å²) in [5.74, 6) is -0.794. The van der Waals surface area contributed by atoms with Gasteiger partial charge in [0.15, 0.2) is 0 Å². The second-order valence-corrected chi connectivity index (χ2v) is 5.42. The van der Waals surface area contributed by atoms with Gasteiger partial charge in [-0.3, -0.25) is 9.59 Å². The highest BCUT2D eigenvalue weighted by Gasteiger charge is 2.37. The second kappa shape index (κ2) is 7.39. The molecule has 1 rings (SSSR count). The van der Waals surface area contributed by atoms with Crippen LogP contribution >= 0.6 is 0 Å². The van der Waals surface area contributed by atoms with Crippen LogP contribution in [0.1, 0.15) is 71.1 Å². The number of aliphatic carboxylic acids is 1. The molecule has 1 saturated carbocycles. The van der Waals surface area contributed by atoms with E-state index in [2.05, 4.69) is 12.2 Å². The first-order chi connectivity index (χ1) is 8.58. The molecule has 4 nitrogen and oxygen atoms in total. The Morgan fingerprint density at radius 1 is 1.17 bits per heavy atom. The lowest BCUT2D eigenvalue weighted by Gasteiger charge is -2.28. The molecule has 1 aliphatic rings. The van der Waals surface area contributed by atoms with Crippen LogP contribution in [0.5, 0.6) is 0 Å². The summed E-state index contributed by atoms with van der Waals surface area (Å²) in [5.41, 5.74) is -0.465. The molecule has 4 heteroatoms. The fraction of sp³-hybridized carbons (Fsp3) is 0.857. The molecule has 2 N–H and O–H groups in total. The van der Waals surface area contributed by atoms with E-state index in [9.17, 15) is 9.59 Å². The molecule has 0 unspecified atom stereocenters. The van der Waals surface area contributed by atoms with Gasteiger partial charge >= 0.3 is 5.97 Å². The number of hydrogen-bond acceptors (Lipinski definition) is 2. The summed E-state index contributed by atoms with van der Waals surface area (Å²) in [6, 6.07) is 0. The van der Waals surface area contributed by atoms with Gasteiger partial charge < -0.3 is 10.4 Å². The third-order valence-corrected chi connectivity index (χ3v) is 3.71. The predicted molar refractivity (Wildman–Crippen MR) is 70.4 cm³/mol. The zero-order valence-electron chi connectivity index (χ0n) is 11.3. The van der Waals surface area contributed by atoms with E-state index in [1.807, 2.05) is 0 Å². The average Bonchev–Trinajstić information content (AvgIpc) is 2.71. The lowest BCUT2D eigenvalue weighted by molar-refractivity contribution is -0.139. The van der Waals surface area contributed by atoms with Gasteiger partial charge in [0, 0.05) is 6.42 Å². The minimum atomic E-state index is -0.816. The van der Waals surface area contributed by atoms with Crippen LogP contribution in [0.25, 0.3) is 0 Å². The first-order valence-corrected chi connectivity index (χ1v) is 7.11. The minimum absolute atomic E-state index is 0.0225. The van der Waals surface area contributed by atoms with Crippen molar-refractivity contribution < 1.29 is 14.7 Å². The Bertz CT molecular complexity index is 283. The van der Waals surface area contributed by atoms with Crippen LogP contribution in [0.15, 0.2) is 0 Å². The Morgan fingerprint density at radius 2 is 1.83 bits per heavy atom. The van der Waals surface area contributed by atoms with Crippen LogP contribution in [-0.4, -0.2) is 22.5 Å². The molecule has 0 bridgehead atoms. The summed E-state index contributed by atoms with van der Waals surface area (Å²) in [5, 5.41) is 11.9. The standard InChI is InChI=1S/C14H25NO3/c1-2-3-4-5-8-12(16)15-14(11-13(17)18)9-6-7-10-14/h2-11H2,1H3,(H,15,16)(H,17,18). The molecule has 0 heterocycles. The van der Waals surface area contributed by atoms with E-state index in [-0.39, 0.29) is 12.3 Å². The summed E-state index contributed by atoms with van der Waals surface area (Å²) in [7, 11) is 0. The number of unbranched alkanes of at least 4 members (excludes halogenated alkanes) is 3. The zero-order valence-corrected chi connectivity index (χ0v) is 11.3. The number of rotatable bonds is 8. The molecule has 0 radical (unpaired) electrons. The quantitative estimate of drug-likeness (QED) is 0.655. The van der Waals surface area contributed by atoms with E-state index in [1.165, 1.54) is 0 Å². The molecule has 0 spiro atoms. The lowest BCUT2D eigenvalue weighted by Crippen LogP contribution is -2.47. The Balaban J connectivity index is 2.36. The van der Waals surface area contributed by atoms with Crippen molar-refractivity contribution in [2.75, 3.05) is 0 Å². The van der Waals surface area contributed by atoms with Crippen molar-refractivity contribution in [3.63, 3.8) is 0 Å². The van der Waals surface area contributed by atoms with E-state index < -0.39 is 11.5 Å². The molecular formula is C14H25NO3. The molecule has 0 aliphatic heterocycles. The van der Waals surface area contributed by atoms with Crippen molar-refractivity contribution in [1.29, 1.82) is 0 Å². The summed E-state index contributed by atoms with van der Waals surface area (Å²) >= 11 is 0. The number of carbonyl (C=O) groups excluding carboxylic acids is 1. The first kappa shape index (κ1) is 15.0. The molecule has 104 valence electrons. The van der Waals surface area contributed by atoms with Gasteiger partial charge in [0.1, 0.15) is 0 Å². The molecule has 0 aromatic carbocycles. The smallest absolute Gasteiger partial charge is 0.305 e. The fourth-order valence-electron chi connectivity index (χ4n) is 2.76. The number of hydrogen-bond donors (Lipinski definition) is 2. The van der Waals surface area contributed by atoms with Crippen molar-refractivity contribution in [2.24, 2.45) is 0 Å². The average molecular weight is 255 g/mol. The minimum Gasteiger partial charge on any atom is -0.481 e. The maximum absolute atomic E-state index is 11.8. The fourth-order valence-corrected chi connectivity index (χ4v) is 2.76. The van der Waals surface area contributed by atoms with Crippen molar-refractivity contribution in [3.05, 3.63) is 0 Å². The third-order valence-electron chi connectivity index (χ3n) is 3.71. The number of nitrogens with one attached hydrogen (secondary N) is 1. The Morgan fingerprint density at radius 3 is 2.39 bits per heavy atom. The van der Waals surface area contributed by atoms with Crippen molar-refractivity contribution >= 4 is 11.9 Å². The van der Waals surface area contributed by atoms with Crippen LogP contribution in [0, 0.1) is 0 Å². The maximum Gasteiger partial charge on any atom is 0.305 e. The van der Waals surface area contributed by atoms with Gasteiger partial charge in [-0.2, -0.15) is 0 Å². The number of carbonyl (C=O) groups is 2. The molecule has 0 aromatic heterocycles. The van der Waals surface area contributed by atoms with Gasteiger partial charge in [-0.05, 0) is 19.3 Å². The summed E-state index contributed by atoms with van der Waals surface area (Å²) in [4.78, 5) is 22.7. The van der Waals surface area contributed by atoms with Gasteiger partial charge in [-0.1, -0.05) is 39.0 Å². The molecule has 0 saturated heterocycles. The summed E-state index contributed by atoms with van der Waals surface area (Å²) in [6.07, 6.45) is 8.54. The molecule has 1 amide bonds. The van der Waals surface area contributed by atoms with Gasteiger partial charge in [0.25, 0.3) is 0 Å². The Labute approximate surface area is 109 Å². The Hall–Kier alpha value is -1.06. The van der Waals surface area contributed by atoms with Crippen LogP contribution in [0.4, 0.5) is 0 Å². The Kier molecular flexibility index (Phi) is 6.16. The highest BCUT2D eigenvalue weighted by molar-refractivity contribution is 5.78. The van der Waals surface area contributed by atoms with Gasteiger partial charge in [0.2, 0.25) is 5.91 Å². The van der Waals surface area contributed by atoms with Crippen LogP contribution in [0.2, 0.25) is 0 Å². The SMILES string of the molecule is CCCCCCC(=O)NC1(CC(=O)O)CCCC1. The van der Waals surface area contributed by atoms with Crippen LogP contribution in [-0.2, 0) is 9.59 Å². The highest BCUT2D eigenvalue weighted by atomic mass is 16.4. The van der Waals surface area contributed by atoms with Gasteiger partial charge in [-0.25, -0.2) is 0 Å². The topological polar surface area (TPSA) is 66.4 Å². The summed E-state index contributed by atoms with van der Waals surface area (Å²) in [6.45, 7) is 2.14. The number of carboxylic acid groups (broad SMARTS) is 1. The van der Waals surface area contributed by atoms with Gasteiger partial charge in [0.05, 0.1) is 12.0 Å². The highest BCUT2D eigenvalue weighted by Crippen LogP contribution is 2.32. The van der Waals surface area contributed by atoms with E-state index in [0.717, 1.165) is 51.4 Å². The van der Waals surface area contributed by atoms with Crippen LogP contribution < -0.4 is 5.32 Å².